The van der Waals surface area contributed by atoms with Crippen LogP contribution in [0.2, 0.25) is 0 Å². The molecule has 1 aromatic heterocycles. The minimum absolute atomic E-state index is 0.0565. The molecular weight excluding hydrogens is 306 g/mol. The zero-order valence-electron chi connectivity index (χ0n) is 14.7. The van der Waals surface area contributed by atoms with Gasteiger partial charge in [-0.2, -0.15) is 5.10 Å². The molecule has 2 aromatic rings. The predicted octanol–water partition coefficient (Wildman–Crippen LogP) is 1.79. The van der Waals surface area contributed by atoms with Gasteiger partial charge in [0.15, 0.2) is 0 Å². The van der Waals surface area contributed by atoms with Crippen LogP contribution in [-0.2, 0) is 11.8 Å². The van der Waals surface area contributed by atoms with Crippen LogP contribution < -0.4 is 10.6 Å². The first-order valence-electron chi connectivity index (χ1n) is 7.64. The second-order valence-corrected chi connectivity index (χ2v) is 5.94. The molecule has 0 radical (unpaired) electrons. The third-order valence-corrected chi connectivity index (χ3v) is 3.52. The number of amides is 2. The number of carbonyl (C=O) groups excluding carboxylic acids is 2. The molecule has 24 heavy (non-hydrogen) atoms. The monoisotopic (exact) mass is 329 g/mol. The SMILES string of the molecule is Cc1ccc(NCC(=O)Nc2cc(C)nn2C)c(C(=O)N(C)C)c1. The van der Waals surface area contributed by atoms with Crippen molar-refractivity contribution < 1.29 is 9.59 Å². The highest BCUT2D eigenvalue weighted by molar-refractivity contribution is 6.00. The number of nitrogens with zero attached hydrogens (tertiary/aromatic N) is 3. The summed E-state index contributed by atoms with van der Waals surface area (Å²) in [5, 5.41) is 10.0. The zero-order valence-corrected chi connectivity index (χ0v) is 14.7. The first kappa shape index (κ1) is 17.5. The Morgan fingerprint density at radius 3 is 2.50 bits per heavy atom. The third kappa shape index (κ3) is 4.13. The van der Waals surface area contributed by atoms with Gasteiger partial charge in [-0.05, 0) is 26.0 Å². The lowest BCUT2D eigenvalue weighted by Gasteiger charge is -2.16. The molecule has 0 aliphatic heterocycles. The van der Waals surface area contributed by atoms with E-state index in [1.807, 2.05) is 32.0 Å². The molecule has 2 rings (SSSR count). The highest BCUT2D eigenvalue weighted by Gasteiger charge is 2.14. The van der Waals surface area contributed by atoms with Crippen molar-refractivity contribution in [3.63, 3.8) is 0 Å². The average Bonchev–Trinajstić information content (AvgIpc) is 2.82. The van der Waals surface area contributed by atoms with Gasteiger partial charge < -0.3 is 15.5 Å². The number of benzene rings is 1. The molecule has 0 aliphatic carbocycles. The third-order valence-electron chi connectivity index (χ3n) is 3.52. The van der Waals surface area contributed by atoms with E-state index in [1.165, 1.54) is 4.90 Å². The van der Waals surface area contributed by atoms with E-state index in [1.54, 1.807) is 31.9 Å². The average molecular weight is 329 g/mol. The summed E-state index contributed by atoms with van der Waals surface area (Å²) in [5.41, 5.74) is 3.00. The van der Waals surface area contributed by atoms with Crippen LogP contribution >= 0.6 is 0 Å². The van der Waals surface area contributed by atoms with Crippen LogP contribution in [0, 0.1) is 13.8 Å². The quantitative estimate of drug-likeness (QED) is 0.876. The van der Waals surface area contributed by atoms with Gasteiger partial charge in [0.05, 0.1) is 17.8 Å². The van der Waals surface area contributed by atoms with E-state index in [0.717, 1.165) is 11.3 Å². The number of carbonyl (C=O) groups is 2. The van der Waals surface area contributed by atoms with Gasteiger partial charge in [-0.15, -0.1) is 0 Å². The first-order valence-corrected chi connectivity index (χ1v) is 7.64. The second-order valence-electron chi connectivity index (χ2n) is 5.94. The number of hydrogen-bond donors (Lipinski definition) is 2. The predicted molar refractivity (Wildman–Crippen MR) is 94.3 cm³/mol. The van der Waals surface area contributed by atoms with Gasteiger partial charge >= 0.3 is 0 Å². The molecule has 2 N–H and O–H groups in total. The Balaban J connectivity index is 2.07. The van der Waals surface area contributed by atoms with Crippen molar-refractivity contribution in [2.45, 2.75) is 13.8 Å². The summed E-state index contributed by atoms with van der Waals surface area (Å²) in [6, 6.07) is 7.32. The number of nitrogens with one attached hydrogen (secondary N) is 2. The molecule has 0 unspecified atom stereocenters. The van der Waals surface area contributed by atoms with Crippen molar-refractivity contribution in [3.8, 4) is 0 Å². The Hall–Kier alpha value is -2.83. The molecule has 0 spiro atoms. The molecule has 0 bridgehead atoms. The Kier molecular flexibility index (Phi) is 5.23. The van der Waals surface area contributed by atoms with Gasteiger partial charge in [0, 0.05) is 32.9 Å². The van der Waals surface area contributed by atoms with Gasteiger partial charge in [0.25, 0.3) is 5.91 Å². The molecule has 0 saturated heterocycles. The Morgan fingerprint density at radius 2 is 1.92 bits per heavy atom. The zero-order chi connectivity index (χ0) is 17.9. The van der Waals surface area contributed by atoms with E-state index >= 15 is 0 Å². The summed E-state index contributed by atoms with van der Waals surface area (Å²) in [4.78, 5) is 25.9. The molecule has 1 heterocycles. The molecule has 7 heteroatoms. The number of anilines is 2. The highest BCUT2D eigenvalue weighted by atomic mass is 16.2. The van der Waals surface area contributed by atoms with Crippen LogP contribution in [0.25, 0.3) is 0 Å². The Bertz CT molecular complexity index is 764. The molecule has 0 saturated carbocycles. The smallest absolute Gasteiger partial charge is 0.255 e. The van der Waals surface area contributed by atoms with Gasteiger partial charge in [-0.1, -0.05) is 11.6 Å². The molecular formula is C17H23N5O2. The number of aromatic nitrogens is 2. The standard InChI is InChI=1S/C17H23N5O2/c1-11-6-7-14(13(8-11)17(24)21(3)4)18-10-16(23)19-15-9-12(2)20-22(15)5/h6-9,18H,10H2,1-5H3,(H,19,23). The molecule has 7 nitrogen and oxygen atoms in total. The van der Waals surface area contributed by atoms with Crippen LogP contribution in [0.4, 0.5) is 11.5 Å². The lowest BCUT2D eigenvalue weighted by atomic mass is 10.1. The minimum Gasteiger partial charge on any atom is -0.375 e. The van der Waals surface area contributed by atoms with E-state index < -0.39 is 0 Å². The summed E-state index contributed by atoms with van der Waals surface area (Å²) < 4.78 is 1.61. The van der Waals surface area contributed by atoms with Crippen molar-refractivity contribution in [1.29, 1.82) is 0 Å². The Labute approximate surface area is 141 Å². The molecule has 1 aromatic carbocycles. The first-order chi connectivity index (χ1) is 11.3. The largest absolute Gasteiger partial charge is 0.375 e. The van der Waals surface area contributed by atoms with Crippen molar-refractivity contribution in [1.82, 2.24) is 14.7 Å². The maximum absolute atomic E-state index is 12.3. The minimum atomic E-state index is -0.207. The topological polar surface area (TPSA) is 79.3 Å². The van der Waals surface area contributed by atoms with Crippen molar-refractivity contribution >= 4 is 23.3 Å². The summed E-state index contributed by atoms with van der Waals surface area (Å²) in [7, 11) is 5.17. The van der Waals surface area contributed by atoms with Crippen LogP contribution in [-0.4, -0.2) is 47.1 Å². The summed E-state index contributed by atoms with van der Waals surface area (Å²) in [5.74, 6) is 0.318. The van der Waals surface area contributed by atoms with Crippen LogP contribution in [0.3, 0.4) is 0 Å². The highest BCUT2D eigenvalue weighted by Crippen LogP contribution is 2.19. The molecule has 2 amide bonds. The fourth-order valence-corrected chi connectivity index (χ4v) is 2.32. The van der Waals surface area contributed by atoms with E-state index in [0.29, 0.717) is 17.1 Å². The van der Waals surface area contributed by atoms with E-state index in [2.05, 4.69) is 15.7 Å². The number of rotatable bonds is 5. The van der Waals surface area contributed by atoms with Gasteiger partial charge in [0.2, 0.25) is 5.91 Å². The Morgan fingerprint density at radius 1 is 1.21 bits per heavy atom. The molecule has 0 atom stereocenters. The number of hydrogen-bond acceptors (Lipinski definition) is 4. The van der Waals surface area contributed by atoms with E-state index in [4.69, 9.17) is 0 Å². The summed E-state index contributed by atoms with van der Waals surface area (Å²) in [6.45, 7) is 3.84. The van der Waals surface area contributed by atoms with Crippen molar-refractivity contribution in [2.24, 2.45) is 7.05 Å². The van der Waals surface area contributed by atoms with Gasteiger partial charge in [-0.3, -0.25) is 14.3 Å². The fraction of sp³-hybridized carbons (Fsp3) is 0.353. The van der Waals surface area contributed by atoms with E-state index in [9.17, 15) is 9.59 Å². The summed E-state index contributed by atoms with van der Waals surface area (Å²) in [6.07, 6.45) is 0. The van der Waals surface area contributed by atoms with E-state index in [-0.39, 0.29) is 18.4 Å². The van der Waals surface area contributed by atoms with Gasteiger partial charge in [-0.25, -0.2) is 0 Å². The molecule has 128 valence electrons. The van der Waals surface area contributed by atoms with Crippen LogP contribution in [0.1, 0.15) is 21.6 Å². The lowest BCUT2D eigenvalue weighted by molar-refractivity contribution is -0.114. The molecule has 0 fully saturated rings. The normalized spacial score (nSPS) is 10.4. The van der Waals surface area contributed by atoms with Crippen LogP contribution in [0.15, 0.2) is 24.3 Å². The molecule has 0 aliphatic rings. The van der Waals surface area contributed by atoms with Crippen LogP contribution in [0.5, 0.6) is 0 Å². The maximum atomic E-state index is 12.3. The summed E-state index contributed by atoms with van der Waals surface area (Å²) >= 11 is 0. The maximum Gasteiger partial charge on any atom is 0.255 e. The van der Waals surface area contributed by atoms with Crippen molar-refractivity contribution in [2.75, 3.05) is 31.3 Å². The van der Waals surface area contributed by atoms with Gasteiger partial charge in [0.1, 0.15) is 5.82 Å². The van der Waals surface area contributed by atoms with Crippen molar-refractivity contribution in [3.05, 3.63) is 41.1 Å². The second kappa shape index (κ2) is 7.16. The fourth-order valence-electron chi connectivity index (χ4n) is 2.32. The number of aryl methyl sites for hydroxylation is 3. The lowest BCUT2D eigenvalue weighted by Crippen LogP contribution is -2.26.